The van der Waals surface area contributed by atoms with Gasteiger partial charge < -0.3 is 29.6 Å². The molecule has 0 bridgehead atoms. The maximum absolute atomic E-state index is 5.53. The summed E-state index contributed by atoms with van der Waals surface area (Å²) in [4.78, 5) is 4.67. The summed E-state index contributed by atoms with van der Waals surface area (Å²) in [5.41, 5.74) is 1.95. The number of rotatable bonds is 9. The van der Waals surface area contributed by atoms with Crippen molar-refractivity contribution < 1.29 is 18.9 Å². The average Bonchev–Trinajstić information content (AvgIpc) is 2.74. The molecule has 0 aliphatic rings. The summed E-state index contributed by atoms with van der Waals surface area (Å²) in [6.45, 7) is 3.79. The normalized spacial score (nSPS) is 11.0. The predicted octanol–water partition coefficient (Wildman–Crippen LogP) is 2.98. The third-order valence-electron chi connectivity index (χ3n) is 4.18. The summed E-state index contributed by atoms with van der Waals surface area (Å²) in [5.74, 6) is 3.33. The van der Waals surface area contributed by atoms with Crippen LogP contribution < -0.4 is 29.6 Å². The largest absolute Gasteiger partial charge is 0.496 e. The van der Waals surface area contributed by atoms with Crippen molar-refractivity contribution in [2.45, 2.75) is 20.0 Å². The van der Waals surface area contributed by atoms with Gasteiger partial charge in [0.05, 0.1) is 35.0 Å². The number of ether oxygens (including phenoxy) is 4. The number of guanidine groups is 1. The quantitative estimate of drug-likeness (QED) is 0.509. The monoisotopic (exact) mass is 387 g/mol. The van der Waals surface area contributed by atoms with E-state index >= 15 is 0 Å². The standard InChI is InChI=1S/C21H29N3O4/c1-6-22-21(23-13-15-9-7-8-10-17(15)25-2)24-14-16-11-12-18(26-3)20(28-5)19(16)27-4/h7-12H,6,13-14H2,1-5H3,(H2,22,23,24). The summed E-state index contributed by atoms with van der Waals surface area (Å²) >= 11 is 0. The Hall–Kier alpha value is -3.09. The molecule has 28 heavy (non-hydrogen) atoms. The van der Waals surface area contributed by atoms with E-state index in [0.29, 0.717) is 36.3 Å². The van der Waals surface area contributed by atoms with Crippen LogP contribution in [0, 0.1) is 0 Å². The van der Waals surface area contributed by atoms with Gasteiger partial charge in [0.25, 0.3) is 0 Å². The van der Waals surface area contributed by atoms with Crippen molar-refractivity contribution in [3.05, 3.63) is 47.5 Å². The second kappa shape index (κ2) is 10.9. The Morgan fingerprint density at radius 1 is 0.786 bits per heavy atom. The Balaban J connectivity index is 2.18. The molecular weight excluding hydrogens is 358 g/mol. The molecule has 0 spiro atoms. The molecule has 2 N–H and O–H groups in total. The molecule has 0 heterocycles. The minimum absolute atomic E-state index is 0.421. The van der Waals surface area contributed by atoms with E-state index in [1.165, 1.54) is 0 Å². The van der Waals surface area contributed by atoms with Crippen LogP contribution in [0.2, 0.25) is 0 Å². The Morgan fingerprint density at radius 2 is 1.50 bits per heavy atom. The zero-order valence-electron chi connectivity index (χ0n) is 17.2. The molecule has 7 nitrogen and oxygen atoms in total. The van der Waals surface area contributed by atoms with Gasteiger partial charge in [-0.25, -0.2) is 4.99 Å². The zero-order valence-corrected chi connectivity index (χ0v) is 17.2. The molecule has 0 saturated heterocycles. The van der Waals surface area contributed by atoms with Crippen molar-refractivity contribution in [3.63, 3.8) is 0 Å². The van der Waals surface area contributed by atoms with Crippen LogP contribution in [0.5, 0.6) is 23.0 Å². The highest BCUT2D eigenvalue weighted by atomic mass is 16.5. The van der Waals surface area contributed by atoms with E-state index in [-0.39, 0.29) is 0 Å². The molecule has 2 aromatic carbocycles. The number of para-hydroxylation sites is 1. The number of methoxy groups -OCH3 is 4. The summed E-state index contributed by atoms with van der Waals surface area (Å²) in [6.07, 6.45) is 0. The molecule has 2 aromatic rings. The first-order valence-corrected chi connectivity index (χ1v) is 9.10. The number of benzene rings is 2. The molecule has 0 fully saturated rings. The number of nitrogens with zero attached hydrogens (tertiary/aromatic N) is 1. The topological polar surface area (TPSA) is 73.3 Å². The molecule has 0 saturated carbocycles. The van der Waals surface area contributed by atoms with E-state index in [0.717, 1.165) is 23.4 Å². The molecule has 0 radical (unpaired) electrons. The molecule has 0 aromatic heterocycles. The van der Waals surface area contributed by atoms with Gasteiger partial charge in [-0.2, -0.15) is 0 Å². The van der Waals surface area contributed by atoms with Gasteiger partial charge in [-0.3, -0.25) is 0 Å². The van der Waals surface area contributed by atoms with Crippen molar-refractivity contribution in [3.8, 4) is 23.0 Å². The third-order valence-corrected chi connectivity index (χ3v) is 4.18. The molecule has 0 atom stereocenters. The van der Waals surface area contributed by atoms with Gasteiger partial charge in [0.15, 0.2) is 17.5 Å². The van der Waals surface area contributed by atoms with Gasteiger partial charge in [0.2, 0.25) is 5.75 Å². The summed E-state index contributed by atoms with van der Waals surface area (Å²) in [6, 6.07) is 11.7. The molecule has 0 unspecified atom stereocenters. The van der Waals surface area contributed by atoms with Crippen LogP contribution >= 0.6 is 0 Å². The number of nitrogens with one attached hydrogen (secondary N) is 2. The predicted molar refractivity (Wildman–Crippen MR) is 111 cm³/mol. The lowest BCUT2D eigenvalue weighted by Crippen LogP contribution is -2.36. The van der Waals surface area contributed by atoms with Gasteiger partial charge in [0.1, 0.15) is 5.75 Å². The second-order valence-corrected chi connectivity index (χ2v) is 5.85. The van der Waals surface area contributed by atoms with Crippen LogP contribution in [0.3, 0.4) is 0 Å². The fourth-order valence-corrected chi connectivity index (χ4v) is 2.82. The van der Waals surface area contributed by atoms with Gasteiger partial charge in [0, 0.05) is 24.2 Å². The highest BCUT2D eigenvalue weighted by Gasteiger charge is 2.15. The van der Waals surface area contributed by atoms with Crippen molar-refractivity contribution in [1.29, 1.82) is 0 Å². The van der Waals surface area contributed by atoms with Gasteiger partial charge in [-0.15, -0.1) is 0 Å². The van der Waals surface area contributed by atoms with E-state index in [1.807, 2.05) is 43.3 Å². The lowest BCUT2D eigenvalue weighted by Gasteiger charge is -2.16. The molecule has 7 heteroatoms. The molecule has 2 rings (SSSR count). The summed E-state index contributed by atoms with van der Waals surface area (Å²) in [7, 11) is 6.46. The van der Waals surface area contributed by atoms with Gasteiger partial charge in [-0.05, 0) is 25.1 Å². The first-order valence-electron chi connectivity index (χ1n) is 9.10. The first-order chi connectivity index (χ1) is 13.7. The molecular formula is C21H29N3O4. The Morgan fingerprint density at radius 3 is 2.14 bits per heavy atom. The van der Waals surface area contributed by atoms with E-state index < -0.39 is 0 Å². The van der Waals surface area contributed by atoms with E-state index in [9.17, 15) is 0 Å². The van der Waals surface area contributed by atoms with Crippen LogP contribution in [0.15, 0.2) is 41.4 Å². The third kappa shape index (κ3) is 5.22. The van der Waals surface area contributed by atoms with Crippen LogP contribution in [-0.2, 0) is 13.1 Å². The van der Waals surface area contributed by atoms with Crippen LogP contribution in [-0.4, -0.2) is 40.9 Å². The average molecular weight is 387 g/mol. The van der Waals surface area contributed by atoms with E-state index in [2.05, 4.69) is 15.6 Å². The fourth-order valence-electron chi connectivity index (χ4n) is 2.82. The highest BCUT2D eigenvalue weighted by molar-refractivity contribution is 5.79. The van der Waals surface area contributed by atoms with Crippen LogP contribution in [0.4, 0.5) is 0 Å². The highest BCUT2D eigenvalue weighted by Crippen LogP contribution is 2.39. The van der Waals surface area contributed by atoms with Crippen molar-refractivity contribution >= 4 is 5.96 Å². The van der Waals surface area contributed by atoms with Crippen LogP contribution in [0.1, 0.15) is 18.1 Å². The second-order valence-electron chi connectivity index (χ2n) is 5.85. The Bertz CT molecular complexity index is 793. The Kier molecular flexibility index (Phi) is 8.27. The lowest BCUT2D eigenvalue weighted by atomic mass is 10.1. The van der Waals surface area contributed by atoms with Crippen LogP contribution in [0.25, 0.3) is 0 Å². The molecule has 0 aliphatic carbocycles. The minimum Gasteiger partial charge on any atom is -0.496 e. The van der Waals surface area contributed by atoms with E-state index in [1.54, 1.807) is 28.4 Å². The molecule has 0 amide bonds. The zero-order chi connectivity index (χ0) is 20.4. The van der Waals surface area contributed by atoms with Crippen molar-refractivity contribution in [1.82, 2.24) is 10.6 Å². The number of hydrogen-bond donors (Lipinski definition) is 2. The van der Waals surface area contributed by atoms with Crippen molar-refractivity contribution in [2.75, 3.05) is 35.0 Å². The smallest absolute Gasteiger partial charge is 0.203 e. The number of hydrogen-bond acceptors (Lipinski definition) is 5. The van der Waals surface area contributed by atoms with Crippen molar-refractivity contribution in [2.24, 2.45) is 4.99 Å². The molecule has 0 aliphatic heterocycles. The summed E-state index contributed by atoms with van der Waals surface area (Å²) in [5, 5.41) is 6.58. The number of aliphatic imine (C=N–C) groups is 1. The summed E-state index contributed by atoms with van der Waals surface area (Å²) < 4.78 is 21.7. The lowest BCUT2D eigenvalue weighted by molar-refractivity contribution is 0.322. The fraction of sp³-hybridized carbons (Fsp3) is 0.381. The van der Waals surface area contributed by atoms with E-state index in [4.69, 9.17) is 18.9 Å². The maximum Gasteiger partial charge on any atom is 0.203 e. The van der Waals surface area contributed by atoms with Gasteiger partial charge >= 0.3 is 0 Å². The SMILES string of the molecule is CCNC(=NCc1ccc(OC)c(OC)c1OC)NCc1ccccc1OC. The molecule has 152 valence electrons. The first kappa shape index (κ1) is 21.2. The Labute approximate surface area is 166 Å². The van der Waals surface area contributed by atoms with Gasteiger partial charge in [-0.1, -0.05) is 18.2 Å². The maximum atomic E-state index is 5.53. The minimum atomic E-state index is 0.421.